The number of carbonyl (C=O) groups is 1. The minimum absolute atomic E-state index is 0.0452. The molecule has 1 amide bonds. The molecule has 0 aromatic heterocycles. The Kier molecular flexibility index (Phi) is 4.24. The van der Waals surface area contributed by atoms with Crippen LogP contribution in [-0.4, -0.2) is 12.5 Å². The molecular formula is C12H14N2O. The summed E-state index contributed by atoms with van der Waals surface area (Å²) in [6.07, 6.45) is 6.08. The van der Waals surface area contributed by atoms with Crippen molar-refractivity contribution >= 4 is 11.6 Å². The summed E-state index contributed by atoms with van der Waals surface area (Å²) in [5, 5.41) is 2.61. The van der Waals surface area contributed by atoms with Crippen molar-refractivity contribution < 1.29 is 4.79 Å². The van der Waals surface area contributed by atoms with Crippen LogP contribution in [-0.2, 0) is 11.2 Å². The van der Waals surface area contributed by atoms with E-state index in [9.17, 15) is 4.79 Å². The van der Waals surface area contributed by atoms with E-state index in [-0.39, 0.29) is 12.5 Å². The first-order chi connectivity index (χ1) is 7.24. The highest BCUT2D eigenvalue weighted by Gasteiger charge is 2.02. The summed E-state index contributed by atoms with van der Waals surface area (Å²) in [5.41, 5.74) is 7.46. The van der Waals surface area contributed by atoms with Gasteiger partial charge in [-0.2, -0.15) is 0 Å². The van der Waals surface area contributed by atoms with Crippen LogP contribution >= 0.6 is 0 Å². The molecule has 3 nitrogen and oxygen atoms in total. The maximum absolute atomic E-state index is 11.2. The summed E-state index contributed by atoms with van der Waals surface area (Å²) in [5.74, 6) is 2.31. The molecule has 0 aliphatic heterocycles. The average molecular weight is 202 g/mol. The van der Waals surface area contributed by atoms with Gasteiger partial charge in [0, 0.05) is 12.1 Å². The van der Waals surface area contributed by atoms with Crippen LogP contribution in [0.4, 0.5) is 5.69 Å². The van der Waals surface area contributed by atoms with E-state index in [0.29, 0.717) is 12.8 Å². The van der Waals surface area contributed by atoms with Crippen LogP contribution in [0.2, 0.25) is 0 Å². The standard InChI is InChI=1S/C12H14N2O/c1-2-9-14-12(15)8-7-10-5-3-4-6-11(10)13/h1,3-6H,7-9,13H2,(H,14,15). The maximum atomic E-state index is 11.2. The number of rotatable bonds is 4. The Morgan fingerprint density at radius 1 is 1.47 bits per heavy atom. The lowest BCUT2D eigenvalue weighted by Crippen LogP contribution is -2.23. The lowest BCUT2D eigenvalue weighted by molar-refractivity contribution is -0.120. The second kappa shape index (κ2) is 5.71. The van der Waals surface area contributed by atoms with Gasteiger partial charge >= 0.3 is 0 Å². The van der Waals surface area contributed by atoms with Crippen LogP contribution in [0.3, 0.4) is 0 Å². The molecule has 0 saturated heterocycles. The lowest BCUT2D eigenvalue weighted by Gasteiger charge is -2.04. The molecule has 0 saturated carbocycles. The largest absolute Gasteiger partial charge is 0.399 e. The molecule has 3 heteroatoms. The van der Waals surface area contributed by atoms with Gasteiger partial charge in [0.05, 0.1) is 6.54 Å². The molecule has 0 spiro atoms. The van der Waals surface area contributed by atoms with Crippen molar-refractivity contribution in [3.63, 3.8) is 0 Å². The smallest absolute Gasteiger partial charge is 0.221 e. The van der Waals surface area contributed by atoms with Crippen LogP contribution < -0.4 is 11.1 Å². The minimum atomic E-state index is -0.0452. The SMILES string of the molecule is C#CCNC(=O)CCc1ccccc1N. The molecule has 3 N–H and O–H groups in total. The molecule has 0 aliphatic rings. The Hall–Kier alpha value is -1.95. The van der Waals surface area contributed by atoms with E-state index < -0.39 is 0 Å². The van der Waals surface area contributed by atoms with Crippen molar-refractivity contribution in [2.45, 2.75) is 12.8 Å². The summed E-state index contributed by atoms with van der Waals surface area (Å²) in [6.45, 7) is 0.281. The molecular weight excluding hydrogens is 188 g/mol. The number of anilines is 1. The summed E-state index contributed by atoms with van der Waals surface area (Å²) < 4.78 is 0. The molecule has 0 bridgehead atoms. The zero-order chi connectivity index (χ0) is 11.1. The second-order valence-electron chi connectivity index (χ2n) is 3.18. The third kappa shape index (κ3) is 3.74. The van der Waals surface area contributed by atoms with Gasteiger partial charge in [-0.1, -0.05) is 24.1 Å². The quantitative estimate of drug-likeness (QED) is 0.564. The fraction of sp³-hybridized carbons (Fsp3) is 0.250. The van der Waals surface area contributed by atoms with Crippen molar-refractivity contribution in [2.75, 3.05) is 12.3 Å². The number of aryl methyl sites for hydroxylation is 1. The summed E-state index contributed by atoms with van der Waals surface area (Å²) in [6, 6.07) is 7.53. The number of benzene rings is 1. The molecule has 1 aromatic rings. The molecule has 0 radical (unpaired) electrons. The monoisotopic (exact) mass is 202 g/mol. The number of nitrogens with one attached hydrogen (secondary N) is 1. The zero-order valence-electron chi connectivity index (χ0n) is 8.49. The lowest BCUT2D eigenvalue weighted by atomic mass is 10.1. The van der Waals surface area contributed by atoms with Crippen LogP contribution in [0.15, 0.2) is 24.3 Å². The van der Waals surface area contributed by atoms with Crippen molar-refractivity contribution in [3.05, 3.63) is 29.8 Å². The van der Waals surface area contributed by atoms with Gasteiger partial charge in [0.25, 0.3) is 0 Å². The predicted octanol–water partition coefficient (Wildman–Crippen LogP) is 0.951. The van der Waals surface area contributed by atoms with Crippen molar-refractivity contribution in [2.24, 2.45) is 0 Å². The van der Waals surface area contributed by atoms with Crippen LogP contribution in [0.1, 0.15) is 12.0 Å². The number of nitrogen functional groups attached to an aromatic ring is 1. The Morgan fingerprint density at radius 3 is 2.87 bits per heavy atom. The normalized spacial score (nSPS) is 9.27. The first kappa shape index (κ1) is 11.1. The second-order valence-corrected chi connectivity index (χ2v) is 3.18. The van der Waals surface area contributed by atoms with E-state index in [4.69, 9.17) is 12.2 Å². The maximum Gasteiger partial charge on any atom is 0.221 e. The Labute approximate surface area is 89.7 Å². The number of hydrogen-bond donors (Lipinski definition) is 2. The summed E-state index contributed by atoms with van der Waals surface area (Å²) in [4.78, 5) is 11.2. The van der Waals surface area contributed by atoms with Crippen molar-refractivity contribution in [3.8, 4) is 12.3 Å². The fourth-order valence-electron chi connectivity index (χ4n) is 1.25. The van der Waals surface area contributed by atoms with Crippen LogP contribution in [0.5, 0.6) is 0 Å². The van der Waals surface area contributed by atoms with Crippen LogP contribution in [0, 0.1) is 12.3 Å². The number of terminal acetylenes is 1. The zero-order valence-corrected chi connectivity index (χ0v) is 8.49. The van der Waals surface area contributed by atoms with E-state index >= 15 is 0 Å². The Bertz CT molecular complexity index is 379. The van der Waals surface area contributed by atoms with Crippen LogP contribution in [0.25, 0.3) is 0 Å². The van der Waals surface area contributed by atoms with E-state index in [2.05, 4.69) is 11.2 Å². The Morgan fingerprint density at radius 2 is 2.20 bits per heavy atom. The molecule has 0 heterocycles. The van der Waals surface area contributed by atoms with Crippen molar-refractivity contribution in [1.82, 2.24) is 5.32 Å². The van der Waals surface area contributed by atoms with Gasteiger partial charge in [0.15, 0.2) is 0 Å². The third-order valence-electron chi connectivity index (χ3n) is 2.06. The van der Waals surface area contributed by atoms with Gasteiger partial charge in [-0.3, -0.25) is 4.79 Å². The van der Waals surface area contributed by atoms with E-state index in [1.807, 2.05) is 24.3 Å². The highest BCUT2D eigenvalue weighted by molar-refractivity contribution is 5.76. The molecule has 0 aliphatic carbocycles. The number of para-hydroxylation sites is 1. The average Bonchev–Trinajstić information content (AvgIpc) is 2.25. The highest BCUT2D eigenvalue weighted by Crippen LogP contribution is 2.12. The Balaban J connectivity index is 2.41. The molecule has 15 heavy (non-hydrogen) atoms. The first-order valence-electron chi connectivity index (χ1n) is 4.77. The summed E-state index contributed by atoms with van der Waals surface area (Å²) in [7, 11) is 0. The fourth-order valence-corrected chi connectivity index (χ4v) is 1.25. The van der Waals surface area contributed by atoms with E-state index in [1.54, 1.807) is 0 Å². The number of amides is 1. The van der Waals surface area contributed by atoms with Gasteiger partial charge in [-0.15, -0.1) is 6.42 Å². The first-order valence-corrected chi connectivity index (χ1v) is 4.77. The van der Waals surface area contributed by atoms with Gasteiger partial charge < -0.3 is 11.1 Å². The third-order valence-corrected chi connectivity index (χ3v) is 2.06. The number of hydrogen-bond acceptors (Lipinski definition) is 2. The molecule has 0 atom stereocenters. The highest BCUT2D eigenvalue weighted by atomic mass is 16.1. The predicted molar refractivity (Wildman–Crippen MR) is 61.0 cm³/mol. The number of nitrogens with two attached hydrogens (primary N) is 1. The topological polar surface area (TPSA) is 55.1 Å². The van der Waals surface area contributed by atoms with Crippen molar-refractivity contribution in [1.29, 1.82) is 0 Å². The molecule has 78 valence electrons. The molecule has 0 unspecified atom stereocenters. The van der Waals surface area contributed by atoms with Gasteiger partial charge in [-0.05, 0) is 18.1 Å². The van der Waals surface area contributed by atoms with E-state index in [0.717, 1.165) is 11.3 Å². The number of carbonyl (C=O) groups excluding carboxylic acids is 1. The van der Waals surface area contributed by atoms with Gasteiger partial charge in [0.1, 0.15) is 0 Å². The van der Waals surface area contributed by atoms with E-state index in [1.165, 1.54) is 0 Å². The minimum Gasteiger partial charge on any atom is -0.399 e. The molecule has 0 fully saturated rings. The van der Waals surface area contributed by atoms with Gasteiger partial charge in [0.2, 0.25) is 5.91 Å². The molecule has 1 aromatic carbocycles. The molecule has 1 rings (SSSR count). The summed E-state index contributed by atoms with van der Waals surface area (Å²) >= 11 is 0. The van der Waals surface area contributed by atoms with Gasteiger partial charge in [-0.25, -0.2) is 0 Å².